The molecule has 29 heavy (non-hydrogen) atoms. The Labute approximate surface area is 177 Å². The molecule has 0 spiro atoms. The van der Waals surface area contributed by atoms with Gasteiger partial charge in [-0.25, -0.2) is 4.79 Å². The number of carbonyl (C=O) groups is 1. The van der Waals surface area contributed by atoms with Crippen molar-refractivity contribution >= 4 is 29.0 Å². The van der Waals surface area contributed by atoms with Crippen LogP contribution in [0.1, 0.15) is 37.9 Å². The molecule has 1 aliphatic rings. The Balaban J connectivity index is 1.82. The quantitative estimate of drug-likeness (QED) is 0.531. The van der Waals surface area contributed by atoms with Crippen LogP contribution in [0.5, 0.6) is 0 Å². The van der Waals surface area contributed by atoms with Gasteiger partial charge in [-0.1, -0.05) is 42.5 Å². The Morgan fingerprint density at radius 2 is 1.72 bits per heavy atom. The number of esters is 1. The third kappa shape index (κ3) is 4.95. The number of rotatable bonds is 7. The number of nitrogens with zero attached hydrogens (tertiary/aromatic N) is 1. The number of carbonyl (C=O) groups excluding carboxylic acids is 1. The Morgan fingerprint density at radius 1 is 1.07 bits per heavy atom. The summed E-state index contributed by atoms with van der Waals surface area (Å²) in [4.78, 5) is 15.2. The topological polar surface area (TPSA) is 53.6 Å². The molecule has 5 nitrogen and oxygen atoms in total. The van der Waals surface area contributed by atoms with Gasteiger partial charge in [0.2, 0.25) is 0 Å². The van der Waals surface area contributed by atoms with E-state index < -0.39 is 0 Å². The standard InChI is InChI=1S/C23H27N3O2S/c1-4-26(5-2)19-13-11-18(12-14-19)21-20(16(3)24-23(29)25-21)22(27)28-15-17-9-7-6-8-10-17/h6-14,21H,4-5,15H2,1-3H3,(H2,24,25,29). The predicted molar refractivity (Wildman–Crippen MR) is 121 cm³/mol. The predicted octanol–water partition coefficient (Wildman–Crippen LogP) is 4.07. The van der Waals surface area contributed by atoms with Crippen molar-refractivity contribution < 1.29 is 9.53 Å². The first kappa shape index (κ1) is 20.9. The van der Waals surface area contributed by atoms with E-state index in [1.165, 1.54) is 0 Å². The Morgan fingerprint density at radius 3 is 2.34 bits per heavy atom. The highest BCUT2D eigenvalue weighted by Gasteiger charge is 2.31. The molecule has 1 heterocycles. The largest absolute Gasteiger partial charge is 0.457 e. The number of thiocarbonyl (C=S) groups is 1. The van der Waals surface area contributed by atoms with Crippen molar-refractivity contribution in [3.8, 4) is 0 Å². The minimum Gasteiger partial charge on any atom is -0.457 e. The number of hydrogen-bond donors (Lipinski definition) is 2. The van der Waals surface area contributed by atoms with E-state index in [4.69, 9.17) is 17.0 Å². The summed E-state index contributed by atoms with van der Waals surface area (Å²) < 4.78 is 5.59. The average molecular weight is 410 g/mol. The number of allylic oxidation sites excluding steroid dienone is 1. The van der Waals surface area contributed by atoms with Crippen LogP contribution in [0.25, 0.3) is 0 Å². The number of ether oxygens (including phenoxy) is 1. The van der Waals surface area contributed by atoms with E-state index in [1.807, 2.05) is 49.4 Å². The van der Waals surface area contributed by atoms with Crippen LogP contribution in [-0.2, 0) is 16.1 Å². The summed E-state index contributed by atoms with van der Waals surface area (Å²) in [5, 5.41) is 6.76. The molecular weight excluding hydrogens is 382 g/mol. The smallest absolute Gasteiger partial charge is 0.338 e. The molecule has 3 rings (SSSR count). The second-order valence-electron chi connectivity index (χ2n) is 6.90. The van der Waals surface area contributed by atoms with Crippen LogP contribution in [0, 0.1) is 0 Å². The van der Waals surface area contributed by atoms with Gasteiger partial charge in [0.15, 0.2) is 5.11 Å². The molecule has 1 unspecified atom stereocenters. The molecule has 0 bridgehead atoms. The van der Waals surface area contributed by atoms with Crippen LogP contribution >= 0.6 is 12.2 Å². The van der Waals surface area contributed by atoms with Gasteiger partial charge in [0.05, 0.1) is 11.6 Å². The number of anilines is 1. The van der Waals surface area contributed by atoms with Gasteiger partial charge in [0, 0.05) is 24.5 Å². The maximum absolute atomic E-state index is 12.9. The third-order valence-corrected chi connectivity index (χ3v) is 5.28. The summed E-state index contributed by atoms with van der Waals surface area (Å²) in [6, 6.07) is 17.5. The first-order valence-corrected chi connectivity index (χ1v) is 10.3. The van der Waals surface area contributed by atoms with Gasteiger partial charge >= 0.3 is 5.97 Å². The fourth-order valence-electron chi connectivity index (χ4n) is 3.48. The molecule has 0 fully saturated rings. The molecule has 152 valence electrons. The molecule has 0 saturated carbocycles. The van der Waals surface area contributed by atoms with Gasteiger partial charge in [0.1, 0.15) is 6.61 Å². The van der Waals surface area contributed by atoms with E-state index in [0.717, 1.165) is 29.9 Å². The zero-order chi connectivity index (χ0) is 20.8. The van der Waals surface area contributed by atoms with Gasteiger partial charge in [-0.3, -0.25) is 0 Å². The zero-order valence-corrected chi connectivity index (χ0v) is 17.9. The monoisotopic (exact) mass is 409 g/mol. The summed E-state index contributed by atoms with van der Waals surface area (Å²) >= 11 is 5.33. The zero-order valence-electron chi connectivity index (χ0n) is 17.1. The summed E-state index contributed by atoms with van der Waals surface area (Å²) in [5.74, 6) is -0.355. The van der Waals surface area contributed by atoms with Crippen molar-refractivity contribution in [2.24, 2.45) is 0 Å². The van der Waals surface area contributed by atoms with Crippen molar-refractivity contribution in [1.82, 2.24) is 10.6 Å². The van der Waals surface area contributed by atoms with Crippen LogP contribution in [0.15, 0.2) is 65.9 Å². The molecule has 2 aromatic carbocycles. The van der Waals surface area contributed by atoms with Gasteiger partial charge in [-0.05, 0) is 56.2 Å². The lowest BCUT2D eigenvalue weighted by Crippen LogP contribution is -2.45. The highest BCUT2D eigenvalue weighted by atomic mass is 32.1. The Hall–Kier alpha value is -2.86. The van der Waals surface area contributed by atoms with Gasteiger partial charge in [-0.2, -0.15) is 0 Å². The molecule has 0 radical (unpaired) electrons. The first-order chi connectivity index (χ1) is 14.0. The summed E-state index contributed by atoms with van der Waals surface area (Å²) in [6.07, 6.45) is 0. The molecule has 2 aromatic rings. The van der Waals surface area contributed by atoms with Crippen LogP contribution < -0.4 is 15.5 Å². The summed E-state index contributed by atoms with van der Waals surface area (Å²) in [6.45, 7) is 8.25. The van der Waals surface area contributed by atoms with E-state index in [9.17, 15) is 4.79 Å². The van der Waals surface area contributed by atoms with Gasteiger partial charge in [-0.15, -0.1) is 0 Å². The molecule has 1 aliphatic heterocycles. The van der Waals surface area contributed by atoms with E-state index in [-0.39, 0.29) is 18.6 Å². The maximum Gasteiger partial charge on any atom is 0.338 e. The van der Waals surface area contributed by atoms with Crippen LogP contribution in [0.3, 0.4) is 0 Å². The molecule has 0 aromatic heterocycles. The summed E-state index contributed by atoms with van der Waals surface area (Å²) in [7, 11) is 0. The molecular formula is C23H27N3O2S. The number of benzene rings is 2. The molecule has 2 N–H and O–H groups in total. The van der Waals surface area contributed by atoms with E-state index >= 15 is 0 Å². The number of hydrogen-bond acceptors (Lipinski definition) is 4. The fourth-order valence-corrected chi connectivity index (χ4v) is 3.75. The Bertz CT molecular complexity index is 890. The van der Waals surface area contributed by atoms with Crippen molar-refractivity contribution in [2.45, 2.75) is 33.4 Å². The number of nitrogens with one attached hydrogen (secondary N) is 2. The highest BCUT2D eigenvalue weighted by Crippen LogP contribution is 2.29. The molecule has 0 amide bonds. The third-order valence-electron chi connectivity index (χ3n) is 5.06. The van der Waals surface area contributed by atoms with Crippen LogP contribution in [0.2, 0.25) is 0 Å². The van der Waals surface area contributed by atoms with Gasteiger partial charge < -0.3 is 20.3 Å². The minimum atomic E-state index is -0.355. The molecule has 6 heteroatoms. The highest BCUT2D eigenvalue weighted by molar-refractivity contribution is 7.80. The fraction of sp³-hybridized carbons (Fsp3) is 0.304. The second kappa shape index (κ2) is 9.56. The van der Waals surface area contributed by atoms with E-state index in [1.54, 1.807) is 0 Å². The molecule has 1 atom stereocenters. The van der Waals surface area contributed by atoms with Crippen molar-refractivity contribution in [3.63, 3.8) is 0 Å². The normalized spacial score (nSPS) is 16.1. The lowest BCUT2D eigenvalue weighted by molar-refractivity contribution is -0.140. The van der Waals surface area contributed by atoms with Crippen molar-refractivity contribution in [2.75, 3.05) is 18.0 Å². The lowest BCUT2D eigenvalue weighted by Gasteiger charge is -2.30. The molecule has 0 saturated heterocycles. The average Bonchev–Trinajstić information content (AvgIpc) is 2.73. The van der Waals surface area contributed by atoms with E-state index in [2.05, 4.69) is 41.5 Å². The molecule has 0 aliphatic carbocycles. The maximum atomic E-state index is 12.9. The minimum absolute atomic E-state index is 0.231. The summed E-state index contributed by atoms with van der Waals surface area (Å²) in [5.41, 5.74) is 4.33. The van der Waals surface area contributed by atoms with Crippen LogP contribution in [-0.4, -0.2) is 24.2 Å². The second-order valence-corrected chi connectivity index (χ2v) is 7.30. The van der Waals surface area contributed by atoms with Gasteiger partial charge in [0.25, 0.3) is 0 Å². The van der Waals surface area contributed by atoms with Crippen molar-refractivity contribution in [1.29, 1.82) is 0 Å². The first-order valence-electron chi connectivity index (χ1n) is 9.87. The SMILES string of the molecule is CCN(CC)c1ccc(C2NC(=S)NC(C)=C2C(=O)OCc2ccccc2)cc1. The lowest BCUT2D eigenvalue weighted by atomic mass is 9.95. The van der Waals surface area contributed by atoms with Crippen molar-refractivity contribution in [3.05, 3.63) is 77.0 Å². The van der Waals surface area contributed by atoms with E-state index in [0.29, 0.717) is 16.4 Å². The van der Waals surface area contributed by atoms with Crippen LogP contribution in [0.4, 0.5) is 5.69 Å². The Kier molecular flexibility index (Phi) is 6.88.